The van der Waals surface area contributed by atoms with E-state index in [4.69, 9.17) is 16.0 Å². The van der Waals surface area contributed by atoms with Crippen LogP contribution in [0.4, 0.5) is 0 Å². The molecule has 3 rings (SSSR count). The van der Waals surface area contributed by atoms with Crippen LogP contribution < -0.4 is 0 Å². The van der Waals surface area contributed by atoms with Gasteiger partial charge in [0.25, 0.3) is 0 Å². The molecule has 0 aromatic carbocycles. The molecule has 0 fully saturated rings. The third kappa shape index (κ3) is 2.70. The highest BCUT2D eigenvalue weighted by atomic mass is 35.5. The van der Waals surface area contributed by atoms with Crippen LogP contribution in [-0.2, 0) is 13.0 Å². The molecule has 0 atom stereocenters. The van der Waals surface area contributed by atoms with Gasteiger partial charge in [-0.2, -0.15) is 5.10 Å². The molecule has 3 heterocycles. The molecular weight excluding hydrogens is 278 g/mol. The first-order chi connectivity index (χ1) is 9.72. The van der Waals surface area contributed by atoms with E-state index < -0.39 is 0 Å². The van der Waals surface area contributed by atoms with Gasteiger partial charge in [0.15, 0.2) is 0 Å². The first-order valence-corrected chi connectivity index (χ1v) is 6.52. The molecule has 0 aliphatic heterocycles. The number of halogens is 1. The summed E-state index contributed by atoms with van der Waals surface area (Å²) in [5, 5.41) is 13.0. The fourth-order valence-corrected chi connectivity index (χ4v) is 1.93. The lowest BCUT2D eigenvalue weighted by Crippen LogP contribution is -2.02. The standard InChI is InChI=1S/C13H12ClN5O/c1-9-11(14)8-19(18-9)7-4-12-16-17-13(20-12)10-2-5-15-6-3-10/h2-3,5-6,8H,4,7H2,1H3. The summed E-state index contributed by atoms with van der Waals surface area (Å²) in [6, 6.07) is 3.65. The Kier molecular flexibility index (Phi) is 3.47. The largest absolute Gasteiger partial charge is 0.421 e. The molecule has 7 heteroatoms. The second kappa shape index (κ2) is 5.42. The monoisotopic (exact) mass is 289 g/mol. The predicted molar refractivity (Wildman–Crippen MR) is 73.2 cm³/mol. The number of pyridine rings is 1. The molecule has 20 heavy (non-hydrogen) atoms. The van der Waals surface area contributed by atoms with Crippen LogP contribution in [-0.4, -0.2) is 25.0 Å². The highest BCUT2D eigenvalue weighted by molar-refractivity contribution is 6.31. The van der Waals surface area contributed by atoms with E-state index in [2.05, 4.69) is 20.3 Å². The highest BCUT2D eigenvalue weighted by Crippen LogP contribution is 2.17. The Morgan fingerprint density at radius 1 is 1.25 bits per heavy atom. The minimum Gasteiger partial charge on any atom is -0.421 e. The molecule has 0 saturated heterocycles. The first kappa shape index (κ1) is 12.8. The van der Waals surface area contributed by atoms with Gasteiger partial charge >= 0.3 is 0 Å². The first-order valence-electron chi connectivity index (χ1n) is 6.15. The maximum atomic E-state index is 5.95. The molecule has 0 aliphatic rings. The van der Waals surface area contributed by atoms with Gasteiger partial charge in [-0.05, 0) is 19.1 Å². The summed E-state index contributed by atoms with van der Waals surface area (Å²) in [5.74, 6) is 1.07. The molecule has 3 aromatic heterocycles. The van der Waals surface area contributed by atoms with Crippen LogP contribution in [0.3, 0.4) is 0 Å². The van der Waals surface area contributed by atoms with Gasteiger partial charge < -0.3 is 4.42 Å². The van der Waals surface area contributed by atoms with Crippen LogP contribution in [0.25, 0.3) is 11.5 Å². The molecule has 6 nitrogen and oxygen atoms in total. The third-order valence-electron chi connectivity index (χ3n) is 2.84. The van der Waals surface area contributed by atoms with E-state index in [1.54, 1.807) is 23.3 Å². The van der Waals surface area contributed by atoms with Crippen LogP contribution in [0, 0.1) is 6.92 Å². The normalized spacial score (nSPS) is 10.9. The zero-order valence-electron chi connectivity index (χ0n) is 10.8. The third-order valence-corrected chi connectivity index (χ3v) is 3.21. The van der Waals surface area contributed by atoms with Crippen molar-refractivity contribution in [3.05, 3.63) is 47.3 Å². The average molecular weight is 290 g/mol. The quantitative estimate of drug-likeness (QED) is 0.738. The zero-order chi connectivity index (χ0) is 13.9. The maximum Gasteiger partial charge on any atom is 0.247 e. The highest BCUT2D eigenvalue weighted by Gasteiger charge is 2.09. The number of aryl methyl sites for hydroxylation is 3. The summed E-state index contributed by atoms with van der Waals surface area (Å²) in [6.07, 6.45) is 5.77. The summed E-state index contributed by atoms with van der Waals surface area (Å²) < 4.78 is 7.38. The van der Waals surface area contributed by atoms with Crippen LogP contribution >= 0.6 is 11.6 Å². The van der Waals surface area contributed by atoms with E-state index in [1.807, 2.05) is 19.1 Å². The fourth-order valence-electron chi connectivity index (χ4n) is 1.78. The van der Waals surface area contributed by atoms with Crippen LogP contribution in [0.2, 0.25) is 5.02 Å². The predicted octanol–water partition coefficient (Wildman–Crippen LogP) is 2.53. The second-order valence-electron chi connectivity index (χ2n) is 4.31. The van der Waals surface area contributed by atoms with Crippen LogP contribution in [0.15, 0.2) is 35.1 Å². The molecule has 0 N–H and O–H groups in total. The van der Waals surface area contributed by atoms with Gasteiger partial charge in [-0.25, -0.2) is 0 Å². The Bertz CT molecular complexity index is 687. The van der Waals surface area contributed by atoms with Gasteiger partial charge in [0.2, 0.25) is 11.8 Å². The van der Waals surface area contributed by atoms with E-state index in [1.165, 1.54) is 0 Å². The molecule has 0 bridgehead atoms. The van der Waals surface area contributed by atoms with E-state index in [0.717, 1.165) is 11.3 Å². The van der Waals surface area contributed by atoms with Gasteiger partial charge in [0.05, 0.1) is 10.7 Å². The van der Waals surface area contributed by atoms with Gasteiger partial charge in [0, 0.05) is 37.1 Å². The molecule has 0 radical (unpaired) electrons. The lowest BCUT2D eigenvalue weighted by molar-refractivity contribution is 0.474. The second-order valence-corrected chi connectivity index (χ2v) is 4.72. The van der Waals surface area contributed by atoms with Crippen molar-refractivity contribution < 1.29 is 4.42 Å². The van der Waals surface area contributed by atoms with Gasteiger partial charge in [-0.15, -0.1) is 10.2 Å². The average Bonchev–Trinajstić information content (AvgIpc) is 3.05. The topological polar surface area (TPSA) is 69.6 Å². The van der Waals surface area contributed by atoms with Gasteiger partial charge in [0.1, 0.15) is 0 Å². The molecule has 0 spiro atoms. The fraction of sp³-hybridized carbons (Fsp3) is 0.231. The Balaban J connectivity index is 1.69. The minimum atomic E-state index is 0.497. The summed E-state index contributed by atoms with van der Waals surface area (Å²) in [7, 11) is 0. The molecular formula is C13H12ClN5O. The Morgan fingerprint density at radius 3 is 2.75 bits per heavy atom. The molecule has 0 aliphatic carbocycles. The lowest BCUT2D eigenvalue weighted by Gasteiger charge is -1.97. The number of nitrogens with zero attached hydrogens (tertiary/aromatic N) is 5. The van der Waals surface area contributed by atoms with Gasteiger partial charge in [-0.1, -0.05) is 11.6 Å². The van der Waals surface area contributed by atoms with Crippen molar-refractivity contribution in [3.63, 3.8) is 0 Å². The number of rotatable bonds is 4. The van der Waals surface area contributed by atoms with Crippen molar-refractivity contribution >= 4 is 11.6 Å². The van der Waals surface area contributed by atoms with Crippen molar-refractivity contribution in [2.24, 2.45) is 0 Å². The summed E-state index contributed by atoms with van der Waals surface area (Å²) in [5.41, 5.74) is 1.67. The van der Waals surface area contributed by atoms with Crippen molar-refractivity contribution in [2.45, 2.75) is 19.9 Å². The Labute approximate surface area is 120 Å². The van der Waals surface area contributed by atoms with E-state index >= 15 is 0 Å². The SMILES string of the molecule is Cc1nn(CCc2nnc(-c3ccncc3)o2)cc1Cl. The van der Waals surface area contributed by atoms with Crippen molar-refractivity contribution in [1.82, 2.24) is 25.0 Å². The summed E-state index contributed by atoms with van der Waals surface area (Å²) in [6.45, 7) is 2.51. The molecule has 102 valence electrons. The number of hydrogen-bond donors (Lipinski definition) is 0. The van der Waals surface area contributed by atoms with E-state index in [9.17, 15) is 0 Å². The van der Waals surface area contributed by atoms with Gasteiger partial charge in [-0.3, -0.25) is 9.67 Å². The summed E-state index contributed by atoms with van der Waals surface area (Å²) in [4.78, 5) is 3.95. The molecule has 0 saturated carbocycles. The van der Waals surface area contributed by atoms with E-state index in [0.29, 0.717) is 29.8 Å². The zero-order valence-corrected chi connectivity index (χ0v) is 11.6. The smallest absolute Gasteiger partial charge is 0.247 e. The molecule has 3 aromatic rings. The van der Waals surface area contributed by atoms with Crippen LogP contribution in [0.1, 0.15) is 11.6 Å². The van der Waals surface area contributed by atoms with Crippen molar-refractivity contribution in [1.29, 1.82) is 0 Å². The van der Waals surface area contributed by atoms with E-state index in [-0.39, 0.29) is 0 Å². The maximum absolute atomic E-state index is 5.95. The van der Waals surface area contributed by atoms with Crippen molar-refractivity contribution in [2.75, 3.05) is 0 Å². The number of hydrogen-bond acceptors (Lipinski definition) is 5. The number of aromatic nitrogens is 5. The summed E-state index contributed by atoms with van der Waals surface area (Å²) >= 11 is 5.95. The molecule has 0 unspecified atom stereocenters. The lowest BCUT2D eigenvalue weighted by atomic mass is 10.3. The van der Waals surface area contributed by atoms with Crippen molar-refractivity contribution in [3.8, 4) is 11.5 Å². The minimum absolute atomic E-state index is 0.497. The van der Waals surface area contributed by atoms with Crippen LogP contribution in [0.5, 0.6) is 0 Å². The molecule has 0 amide bonds. The Morgan fingerprint density at radius 2 is 2.05 bits per heavy atom. The Hall–Kier alpha value is -2.21.